The van der Waals surface area contributed by atoms with E-state index in [4.69, 9.17) is 10.7 Å². The number of hydrogen-bond acceptors (Lipinski definition) is 5. The van der Waals surface area contributed by atoms with E-state index in [-0.39, 0.29) is 5.54 Å². The van der Waals surface area contributed by atoms with Gasteiger partial charge in [-0.25, -0.2) is 4.98 Å². The van der Waals surface area contributed by atoms with E-state index in [2.05, 4.69) is 22.3 Å². The molecule has 2 heterocycles. The highest BCUT2D eigenvalue weighted by Crippen LogP contribution is 2.40. The predicted molar refractivity (Wildman–Crippen MR) is 86.0 cm³/mol. The monoisotopic (exact) mass is 302 g/mol. The summed E-state index contributed by atoms with van der Waals surface area (Å²) in [5.74, 6) is 0.836. The van der Waals surface area contributed by atoms with E-state index in [0.717, 1.165) is 40.8 Å². The smallest absolute Gasteiger partial charge is 0.113 e. The fourth-order valence-electron chi connectivity index (χ4n) is 3.09. The summed E-state index contributed by atoms with van der Waals surface area (Å²) in [6, 6.07) is 0. The van der Waals surface area contributed by atoms with Crippen molar-refractivity contribution in [2.75, 3.05) is 0 Å². The van der Waals surface area contributed by atoms with Crippen LogP contribution in [0.4, 0.5) is 0 Å². The quantitative estimate of drug-likeness (QED) is 0.939. The topological polar surface area (TPSA) is 64.7 Å². The molecular formula is C16H22N4S. The van der Waals surface area contributed by atoms with Gasteiger partial charge in [-0.1, -0.05) is 13.3 Å². The predicted octanol–water partition coefficient (Wildman–Crippen LogP) is 3.66. The molecule has 1 fully saturated rings. The van der Waals surface area contributed by atoms with Crippen molar-refractivity contribution in [1.82, 2.24) is 15.0 Å². The molecular weight excluding hydrogens is 280 g/mol. The molecule has 0 bridgehead atoms. The molecule has 2 N–H and O–H groups in total. The van der Waals surface area contributed by atoms with Crippen LogP contribution in [0.25, 0.3) is 11.4 Å². The van der Waals surface area contributed by atoms with Crippen molar-refractivity contribution in [2.45, 2.75) is 51.5 Å². The molecule has 3 rings (SSSR count). The molecule has 0 saturated heterocycles. The minimum absolute atomic E-state index is 0.245. The van der Waals surface area contributed by atoms with Gasteiger partial charge in [0.15, 0.2) is 0 Å². The van der Waals surface area contributed by atoms with Gasteiger partial charge in [-0.2, -0.15) is 0 Å². The Balaban J connectivity index is 1.84. The highest BCUT2D eigenvalue weighted by molar-refractivity contribution is 7.10. The van der Waals surface area contributed by atoms with Crippen LogP contribution in [0.2, 0.25) is 0 Å². The third kappa shape index (κ3) is 2.85. The van der Waals surface area contributed by atoms with Gasteiger partial charge in [-0.05, 0) is 38.5 Å². The first kappa shape index (κ1) is 14.6. The molecule has 0 aromatic carbocycles. The maximum absolute atomic E-state index is 6.64. The van der Waals surface area contributed by atoms with Gasteiger partial charge < -0.3 is 5.73 Å². The lowest BCUT2D eigenvalue weighted by molar-refractivity contribution is 0.231. The maximum atomic E-state index is 6.64. The molecule has 0 amide bonds. The Morgan fingerprint density at radius 3 is 2.67 bits per heavy atom. The second kappa shape index (κ2) is 5.81. The van der Waals surface area contributed by atoms with Crippen molar-refractivity contribution < 1.29 is 0 Å². The SMILES string of the molecule is CCC1CCC(N)(c2nc(-c3nccnc3C)cs2)CC1. The summed E-state index contributed by atoms with van der Waals surface area (Å²) in [6.45, 7) is 4.23. The minimum Gasteiger partial charge on any atom is -0.319 e. The lowest BCUT2D eigenvalue weighted by Crippen LogP contribution is -2.40. The molecule has 4 nitrogen and oxygen atoms in total. The molecule has 1 aliphatic rings. The molecule has 0 spiro atoms. The van der Waals surface area contributed by atoms with E-state index in [9.17, 15) is 0 Å². The summed E-state index contributed by atoms with van der Waals surface area (Å²) in [5, 5.41) is 3.12. The molecule has 5 heteroatoms. The zero-order chi connectivity index (χ0) is 14.9. The van der Waals surface area contributed by atoms with E-state index in [1.165, 1.54) is 19.3 Å². The molecule has 1 saturated carbocycles. The first-order valence-corrected chi connectivity index (χ1v) is 8.53. The molecule has 1 aliphatic carbocycles. The summed E-state index contributed by atoms with van der Waals surface area (Å²) in [5.41, 5.74) is 9.08. The Bertz CT molecular complexity index is 614. The van der Waals surface area contributed by atoms with E-state index >= 15 is 0 Å². The number of rotatable bonds is 3. The van der Waals surface area contributed by atoms with Crippen LogP contribution in [-0.2, 0) is 5.54 Å². The standard InChI is InChI=1S/C16H22N4S/c1-3-12-4-6-16(17,7-5-12)15-20-13(10-21-15)14-11(2)18-8-9-19-14/h8-10,12H,3-7,17H2,1-2H3. The molecule has 112 valence electrons. The van der Waals surface area contributed by atoms with Crippen molar-refractivity contribution >= 4 is 11.3 Å². The molecule has 0 atom stereocenters. The average molecular weight is 302 g/mol. The zero-order valence-electron chi connectivity index (χ0n) is 12.7. The van der Waals surface area contributed by atoms with Crippen LogP contribution in [0.15, 0.2) is 17.8 Å². The van der Waals surface area contributed by atoms with Gasteiger partial charge in [0.25, 0.3) is 0 Å². The summed E-state index contributed by atoms with van der Waals surface area (Å²) in [4.78, 5) is 13.5. The number of aromatic nitrogens is 3. The van der Waals surface area contributed by atoms with Gasteiger partial charge in [0.2, 0.25) is 0 Å². The Morgan fingerprint density at radius 2 is 2.00 bits per heavy atom. The first-order chi connectivity index (χ1) is 10.1. The van der Waals surface area contributed by atoms with Crippen molar-refractivity contribution in [3.8, 4) is 11.4 Å². The minimum atomic E-state index is -0.245. The van der Waals surface area contributed by atoms with Gasteiger partial charge in [-0.15, -0.1) is 11.3 Å². The van der Waals surface area contributed by atoms with E-state index in [1.807, 2.05) is 6.92 Å². The van der Waals surface area contributed by atoms with E-state index in [1.54, 1.807) is 23.7 Å². The van der Waals surface area contributed by atoms with Crippen molar-refractivity contribution in [2.24, 2.45) is 11.7 Å². The van der Waals surface area contributed by atoms with Crippen LogP contribution >= 0.6 is 11.3 Å². The van der Waals surface area contributed by atoms with Crippen LogP contribution in [0.1, 0.15) is 49.7 Å². The van der Waals surface area contributed by atoms with Gasteiger partial charge in [0.1, 0.15) is 16.4 Å². The summed E-state index contributed by atoms with van der Waals surface area (Å²) in [7, 11) is 0. The van der Waals surface area contributed by atoms with Crippen molar-refractivity contribution in [3.05, 3.63) is 28.5 Å². The zero-order valence-corrected chi connectivity index (χ0v) is 13.5. The number of thiazole rings is 1. The van der Waals surface area contributed by atoms with Crippen molar-refractivity contribution in [3.63, 3.8) is 0 Å². The van der Waals surface area contributed by atoms with Crippen LogP contribution < -0.4 is 5.73 Å². The molecule has 21 heavy (non-hydrogen) atoms. The summed E-state index contributed by atoms with van der Waals surface area (Å²) < 4.78 is 0. The molecule has 2 aromatic heterocycles. The Kier molecular flexibility index (Phi) is 4.04. The largest absolute Gasteiger partial charge is 0.319 e. The molecule has 0 unspecified atom stereocenters. The lowest BCUT2D eigenvalue weighted by atomic mass is 9.76. The van der Waals surface area contributed by atoms with E-state index in [0.29, 0.717) is 0 Å². The molecule has 0 aliphatic heterocycles. The van der Waals surface area contributed by atoms with Gasteiger partial charge >= 0.3 is 0 Å². The highest BCUT2D eigenvalue weighted by atomic mass is 32.1. The summed E-state index contributed by atoms with van der Waals surface area (Å²) in [6.07, 6.45) is 9.20. The van der Waals surface area contributed by atoms with Crippen molar-refractivity contribution in [1.29, 1.82) is 0 Å². The van der Waals surface area contributed by atoms with Crippen LogP contribution in [0, 0.1) is 12.8 Å². The average Bonchev–Trinajstić information content (AvgIpc) is 2.99. The number of hydrogen-bond donors (Lipinski definition) is 1. The lowest BCUT2D eigenvalue weighted by Gasteiger charge is -2.35. The third-order valence-electron chi connectivity index (χ3n) is 4.63. The number of aryl methyl sites for hydroxylation is 1. The van der Waals surface area contributed by atoms with Gasteiger partial charge in [0.05, 0.1) is 11.2 Å². The van der Waals surface area contributed by atoms with Gasteiger partial charge in [-0.3, -0.25) is 9.97 Å². The normalized spacial score (nSPS) is 26.0. The molecule has 0 radical (unpaired) electrons. The number of nitrogens with two attached hydrogens (primary N) is 1. The van der Waals surface area contributed by atoms with Gasteiger partial charge in [0, 0.05) is 17.8 Å². The first-order valence-electron chi connectivity index (χ1n) is 7.65. The second-order valence-corrected chi connectivity index (χ2v) is 6.89. The number of nitrogens with zero attached hydrogens (tertiary/aromatic N) is 3. The van der Waals surface area contributed by atoms with Crippen LogP contribution in [0.5, 0.6) is 0 Å². The summed E-state index contributed by atoms with van der Waals surface area (Å²) >= 11 is 1.66. The Hall–Kier alpha value is -1.33. The van der Waals surface area contributed by atoms with Crippen LogP contribution in [0.3, 0.4) is 0 Å². The second-order valence-electron chi connectivity index (χ2n) is 6.04. The van der Waals surface area contributed by atoms with E-state index < -0.39 is 0 Å². The van der Waals surface area contributed by atoms with Crippen LogP contribution in [-0.4, -0.2) is 15.0 Å². The fraction of sp³-hybridized carbons (Fsp3) is 0.562. The Labute approximate surface area is 129 Å². The fourth-order valence-corrected chi connectivity index (χ4v) is 4.06. The third-order valence-corrected chi connectivity index (χ3v) is 5.69. The molecule has 2 aromatic rings. The highest BCUT2D eigenvalue weighted by Gasteiger charge is 2.35. The maximum Gasteiger partial charge on any atom is 0.113 e. The Morgan fingerprint density at radius 1 is 1.29 bits per heavy atom.